The fourth-order valence-electron chi connectivity index (χ4n) is 2.57. The van der Waals surface area contributed by atoms with Crippen LogP contribution in [0.1, 0.15) is 29.8 Å². The van der Waals surface area contributed by atoms with Gasteiger partial charge < -0.3 is 9.80 Å². The lowest BCUT2D eigenvalue weighted by atomic mass is 9.75. The van der Waals surface area contributed by atoms with Crippen molar-refractivity contribution in [3.63, 3.8) is 0 Å². The Labute approximate surface area is 122 Å². The van der Waals surface area contributed by atoms with Gasteiger partial charge in [-0.3, -0.25) is 4.79 Å². The predicted octanol–water partition coefficient (Wildman–Crippen LogP) is 2.40. The molecule has 1 aliphatic carbocycles. The topological polar surface area (TPSA) is 36.4 Å². The molecule has 0 radical (unpaired) electrons. The van der Waals surface area contributed by atoms with Crippen molar-refractivity contribution in [2.45, 2.75) is 24.8 Å². The monoisotopic (exact) mass is 325 g/mol. The second kappa shape index (κ2) is 5.59. The van der Waals surface area contributed by atoms with E-state index in [9.17, 15) is 4.79 Å². The number of amides is 1. The molecule has 1 fully saturated rings. The van der Waals surface area contributed by atoms with Crippen LogP contribution < -0.4 is 0 Å². The van der Waals surface area contributed by atoms with E-state index in [1.54, 1.807) is 11.1 Å². The normalized spacial score (nSPS) is 17.1. The van der Waals surface area contributed by atoms with Crippen LogP contribution in [0.5, 0.6) is 0 Å². The summed E-state index contributed by atoms with van der Waals surface area (Å²) in [6, 6.07) is 3.66. The first-order valence-electron chi connectivity index (χ1n) is 6.50. The summed E-state index contributed by atoms with van der Waals surface area (Å²) in [5, 5.41) is 0. The Balaban J connectivity index is 2.10. The second-order valence-corrected chi connectivity index (χ2v) is 6.32. The van der Waals surface area contributed by atoms with Crippen LogP contribution in [-0.2, 0) is 0 Å². The van der Waals surface area contributed by atoms with E-state index in [-0.39, 0.29) is 11.4 Å². The molecule has 0 bridgehead atoms. The van der Waals surface area contributed by atoms with E-state index in [0.29, 0.717) is 5.69 Å². The van der Waals surface area contributed by atoms with Crippen LogP contribution in [0.3, 0.4) is 0 Å². The Morgan fingerprint density at radius 2 is 2.11 bits per heavy atom. The lowest BCUT2D eigenvalue weighted by Gasteiger charge is -2.49. The third-order valence-electron chi connectivity index (χ3n) is 4.07. The highest BCUT2D eigenvalue weighted by Crippen LogP contribution is 2.36. The highest BCUT2D eigenvalue weighted by molar-refractivity contribution is 9.10. The Hall–Kier alpha value is -0.940. The van der Waals surface area contributed by atoms with E-state index in [0.717, 1.165) is 23.9 Å². The molecule has 1 amide bonds. The van der Waals surface area contributed by atoms with Crippen molar-refractivity contribution in [3.05, 3.63) is 28.5 Å². The molecule has 2 rings (SSSR count). The van der Waals surface area contributed by atoms with E-state index in [1.165, 1.54) is 6.42 Å². The molecule has 0 aliphatic heterocycles. The van der Waals surface area contributed by atoms with Crippen LogP contribution in [0.2, 0.25) is 0 Å². The number of hydrogen-bond acceptors (Lipinski definition) is 3. The van der Waals surface area contributed by atoms with E-state index in [4.69, 9.17) is 0 Å². The van der Waals surface area contributed by atoms with Crippen molar-refractivity contribution in [2.75, 3.05) is 27.7 Å². The first-order valence-corrected chi connectivity index (χ1v) is 7.29. The largest absolute Gasteiger partial charge is 0.338 e. The Morgan fingerprint density at radius 3 is 2.58 bits per heavy atom. The minimum atomic E-state index is -0.0272. The van der Waals surface area contributed by atoms with Crippen molar-refractivity contribution in [1.82, 2.24) is 14.8 Å². The van der Waals surface area contributed by atoms with E-state index < -0.39 is 0 Å². The smallest absolute Gasteiger partial charge is 0.273 e. The molecule has 0 unspecified atom stereocenters. The van der Waals surface area contributed by atoms with Gasteiger partial charge in [0.1, 0.15) is 5.69 Å². The van der Waals surface area contributed by atoms with Crippen LogP contribution in [0.15, 0.2) is 22.8 Å². The molecule has 1 heterocycles. The first-order chi connectivity index (χ1) is 8.96. The van der Waals surface area contributed by atoms with Gasteiger partial charge in [-0.1, -0.05) is 0 Å². The molecule has 0 spiro atoms. The summed E-state index contributed by atoms with van der Waals surface area (Å²) in [5.41, 5.74) is 0.629. The minimum absolute atomic E-state index is 0.0272. The van der Waals surface area contributed by atoms with Crippen LogP contribution in [0.4, 0.5) is 0 Å². The molecule has 4 nitrogen and oxygen atoms in total. The van der Waals surface area contributed by atoms with Crippen molar-refractivity contribution < 1.29 is 4.79 Å². The number of likely N-dealkylation sites (N-methyl/N-ethyl adjacent to an activating group) is 2. The minimum Gasteiger partial charge on any atom is -0.338 e. The van der Waals surface area contributed by atoms with Crippen molar-refractivity contribution in [1.29, 1.82) is 0 Å². The van der Waals surface area contributed by atoms with Gasteiger partial charge in [-0.2, -0.15) is 0 Å². The Morgan fingerprint density at radius 1 is 1.42 bits per heavy atom. The summed E-state index contributed by atoms with van der Waals surface area (Å²) in [6.07, 6.45) is 5.20. The SMILES string of the molecule is CN(CC1(N(C)C)CCC1)C(=O)c1ncccc1Br. The zero-order chi connectivity index (χ0) is 14.0. The Kier molecular flexibility index (Phi) is 4.26. The molecule has 1 saturated carbocycles. The van der Waals surface area contributed by atoms with Gasteiger partial charge in [0.15, 0.2) is 0 Å². The maximum Gasteiger partial charge on any atom is 0.273 e. The fourth-order valence-corrected chi connectivity index (χ4v) is 2.99. The van der Waals surface area contributed by atoms with Gasteiger partial charge in [0.2, 0.25) is 0 Å². The highest BCUT2D eigenvalue weighted by Gasteiger charge is 2.40. The molecular formula is C14H20BrN3O. The number of aromatic nitrogens is 1. The summed E-state index contributed by atoms with van der Waals surface area (Å²) >= 11 is 3.38. The molecule has 1 aromatic heterocycles. The maximum atomic E-state index is 12.4. The van der Waals surface area contributed by atoms with Crippen LogP contribution in [-0.4, -0.2) is 53.9 Å². The van der Waals surface area contributed by atoms with Crippen LogP contribution in [0, 0.1) is 0 Å². The van der Waals surface area contributed by atoms with Gasteiger partial charge in [0.05, 0.1) is 0 Å². The zero-order valence-corrected chi connectivity index (χ0v) is 13.3. The van der Waals surface area contributed by atoms with E-state index in [2.05, 4.69) is 39.9 Å². The first kappa shape index (κ1) is 14.5. The maximum absolute atomic E-state index is 12.4. The fraction of sp³-hybridized carbons (Fsp3) is 0.571. The van der Waals surface area contributed by atoms with Crippen molar-refractivity contribution in [2.24, 2.45) is 0 Å². The van der Waals surface area contributed by atoms with Crippen LogP contribution >= 0.6 is 15.9 Å². The third kappa shape index (κ3) is 2.82. The van der Waals surface area contributed by atoms with Gasteiger partial charge in [0.25, 0.3) is 5.91 Å². The van der Waals surface area contributed by atoms with Gasteiger partial charge in [-0.25, -0.2) is 4.98 Å². The van der Waals surface area contributed by atoms with E-state index in [1.807, 2.05) is 19.2 Å². The zero-order valence-electron chi connectivity index (χ0n) is 11.7. The summed E-state index contributed by atoms with van der Waals surface area (Å²) in [6.45, 7) is 0.752. The molecular weight excluding hydrogens is 306 g/mol. The molecule has 5 heteroatoms. The average Bonchev–Trinajstić information content (AvgIpc) is 2.32. The lowest BCUT2D eigenvalue weighted by molar-refractivity contribution is 0.0250. The number of pyridine rings is 1. The molecule has 0 aromatic carbocycles. The second-order valence-electron chi connectivity index (χ2n) is 5.47. The third-order valence-corrected chi connectivity index (χ3v) is 4.71. The van der Waals surface area contributed by atoms with Gasteiger partial charge in [0, 0.05) is 29.8 Å². The summed E-state index contributed by atoms with van der Waals surface area (Å²) < 4.78 is 0.749. The molecule has 19 heavy (non-hydrogen) atoms. The lowest BCUT2D eigenvalue weighted by Crippen LogP contribution is -2.57. The quantitative estimate of drug-likeness (QED) is 0.852. The predicted molar refractivity (Wildman–Crippen MR) is 79.2 cm³/mol. The van der Waals surface area contributed by atoms with Gasteiger partial charge in [-0.15, -0.1) is 0 Å². The number of hydrogen-bond donors (Lipinski definition) is 0. The standard InChI is InChI=1S/C14H20BrN3O/c1-17(2)14(7-5-8-14)10-18(3)13(19)12-11(15)6-4-9-16-12/h4,6,9H,5,7-8,10H2,1-3H3. The average molecular weight is 326 g/mol. The molecule has 1 aliphatic rings. The summed E-state index contributed by atoms with van der Waals surface area (Å²) in [5.74, 6) is -0.0272. The van der Waals surface area contributed by atoms with E-state index >= 15 is 0 Å². The van der Waals surface area contributed by atoms with Crippen molar-refractivity contribution >= 4 is 21.8 Å². The number of rotatable bonds is 4. The molecule has 1 aromatic rings. The Bertz CT molecular complexity index is 472. The number of carbonyl (C=O) groups is 1. The van der Waals surface area contributed by atoms with Gasteiger partial charge in [-0.05, 0) is 61.4 Å². The molecule has 0 saturated heterocycles. The van der Waals surface area contributed by atoms with Crippen molar-refractivity contribution in [3.8, 4) is 0 Å². The summed E-state index contributed by atoms with van der Waals surface area (Å²) in [4.78, 5) is 20.6. The summed E-state index contributed by atoms with van der Waals surface area (Å²) in [7, 11) is 6.04. The van der Waals surface area contributed by atoms with Gasteiger partial charge >= 0.3 is 0 Å². The molecule has 0 N–H and O–H groups in total. The molecule has 0 atom stereocenters. The number of carbonyl (C=O) groups excluding carboxylic acids is 1. The number of nitrogens with zero attached hydrogens (tertiary/aromatic N) is 3. The molecule has 104 valence electrons. The number of halogens is 1. The van der Waals surface area contributed by atoms with Crippen LogP contribution in [0.25, 0.3) is 0 Å². The highest BCUT2D eigenvalue weighted by atomic mass is 79.9.